The predicted molar refractivity (Wildman–Crippen MR) is 104 cm³/mol. The van der Waals surface area contributed by atoms with Crippen molar-refractivity contribution < 1.29 is 4.74 Å². The molecule has 0 amide bonds. The monoisotopic (exact) mass is 331 g/mol. The van der Waals surface area contributed by atoms with Gasteiger partial charge < -0.3 is 15.0 Å². The molecular weight excluding hydrogens is 298 g/mol. The van der Waals surface area contributed by atoms with Gasteiger partial charge in [-0.25, -0.2) is 0 Å². The van der Waals surface area contributed by atoms with Gasteiger partial charge in [-0.05, 0) is 57.3 Å². The molecule has 0 radical (unpaired) electrons. The van der Waals surface area contributed by atoms with Crippen LogP contribution in [0.1, 0.15) is 18.9 Å². The average molecular weight is 332 g/mol. The van der Waals surface area contributed by atoms with E-state index in [9.17, 15) is 0 Å². The molecule has 4 nitrogen and oxygen atoms in total. The molecule has 0 spiro atoms. The predicted octanol–water partition coefficient (Wildman–Crippen LogP) is 3.44. The van der Waals surface area contributed by atoms with Gasteiger partial charge >= 0.3 is 0 Å². The van der Waals surface area contributed by atoms with Crippen LogP contribution in [0.3, 0.4) is 0 Å². The van der Waals surface area contributed by atoms with Crippen LogP contribution < -0.4 is 5.32 Å². The van der Waals surface area contributed by atoms with Crippen LogP contribution >= 0.6 is 0 Å². The molecular formula is C20H33N3O. The van der Waals surface area contributed by atoms with Crippen LogP contribution in [0.5, 0.6) is 0 Å². The Bertz CT molecular complexity index is 493. The third kappa shape index (κ3) is 12.6. The van der Waals surface area contributed by atoms with E-state index in [0.717, 1.165) is 25.9 Å². The number of hydrogen-bond acceptors (Lipinski definition) is 4. The number of aromatic nitrogens is 1. The van der Waals surface area contributed by atoms with Gasteiger partial charge in [-0.3, -0.25) is 4.98 Å². The Labute approximate surface area is 147 Å². The van der Waals surface area contributed by atoms with E-state index in [0.29, 0.717) is 5.76 Å². The first-order chi connectivity index (χ1) is 11.5. The number of allylic oxidation sites excluding steroid dienone is 2. The van der Waals surface area contributed by atoms with Crippen molar-refractivity contribution in [3.05, 3.63) is 66.2 Å². The number of ether oxygens (including phenoxy) is 1. The highest BCUT2D eigenvalue weighted by Gasteiger charge is 1.92. The maximum atomic E-state index is 4.93. The fraction of sp³-hybridized carbons (Fsp3) is 0.450. The molecule has 0 unspecified atom stereocenters. The van der Waals surface area contributed by atoms with Gasteiger partial charge in [0, 0.05) is 25.5 Å². The van der Waals surface area contributed by atoms with Crippen molar-refractivity contribution >= 4 is 0 Å². The summed E-state index contributed by atoms with van der Waals surface area (Å²) >= 11 is 0. The maximum Gasteiger partial charge on any atom is 0.111 e. The Morgan fingerprint density at radius 3 is 2.62 bits per heavy atom. The molecule has 24 heavy (non-hydrogen) atoms. The molecule has 0 atom stereocenters. The summed E-state index contributed by atoms with van der Waals surface area (Å²) in [5, 5.41) is 3.10. The van der Waals surface area contributed by atoms with Crippen LogP contribution in [0.4, 0.5) is 0 Å². The lowest BCUT2D eigenvalue weighted by Crippen LogP contribution is -2.14. The highest BCUT2D eigenvalue weighted by atomic mass is 16.5. The number of hydrogen-bond donors (Lipinski definition) is 1. The summed E-state index contributed by atoms with van der Waals surface area (Å²) in [5.74, 6) is 0.679. The maximum absolute atomic E-state index is 4.93. The van der Waals surface area contributed by atoms with Crippen molar-refractivity contribution in [3.8, 4) is 0 Å². The standard InChI is InChI=1S/C11H19NO.C9H14N2/c1-5-6-11(9-12-3)8-7-10(2)13-4;1-11(2)7-5-9-4-3-6-10-8-9/h6-8,12H,2,5,9H2,1,3-4H3;3-4,6,8H,5,7H2,1-2H3/b8-7-,11-6+;. The average Bonchev–Trinajstić information content (AvgIpc) is 2.59. The minimum Gasteiger partial charge on any atom is -0.497 e. The summed E-state index contributed by atoms with van der Waals surface area (Å²) in [6.45, 7) is 7.79. The minimum atomic E-state index is 0.679. The summed E-state index contributed by atoms with van der Waals surface area (Å²) in [5.41, 5.74) is 2.56. The Kier molecular flexibility index (Phi) is 13.5. The first-order valence-electron chi connectivity index (χ1n) is 8.31. The normalized spacial score (nSPS) is 11.3. The summed E-state index contributed by atoms with van der Waals surface area (Å²) in [4.78, 5) is 6.22. The Morgan fingerprint density at radius 2 is 2.12 bits per heavy atom. The molecule has 1 N–H and O–H groups in total. The van der Waals surface area contributed by atoms with Crippen molar-refractivity contribution in [1.82, 2.24) is 15.2 Å². The topological polar surface area (TPSA) is 37.4 Å². The van der Waals surface area contributed by atoms with E-state index in [2.05, 4.69) is 54.9 Å². The second-order valence-electron chi connectivity index (χ2n) is 5.64. The van der Waals surface area contributed by atoms with Crippen LogP contribution in [-0.4, -0.2) is 51.2 Å². The molecule has 0 bridgehead atoms. The van der Waals surface area contributed by atoms with E-state index in [1.54, 1.807) is 13.3 Å². The Morgan fingerprint density at radius 1 is 1.38 bits per heavy atom. The van der Waals surface area contributed by atoms with Crippen LogP contribution in [-0.2, 0) is 11.2 Å². The van der Waals surface area contributed by atoms with E-state index < -0.39 is 0 Å². The first-order valence-corrected chi connectivity index (χ1v) is 8.31. The summed E-state index contributed by atoms with van der Waals surface area (Å²) in [7, 11) is 7.71. The molecule has 4 heteroatoms. The van der Waals surface area contributed by atoms with E-state index in [-0.39, 0.29) is 0 Å². The van der Waals surface area contributed by atoms with E-state index in [4.69, 9.17) is 4.74 Å². The third-order valence-corrected chi connectivity index (χ3v) is 3.16. The molecule has 1 aromatic rings. The summed E-state index contributed by atoms with van der Waals surface area (Å²) < 4.78 is 4.93. The zero-order chi connectivity index (χ0) is 18.2. The van der Waals surface area contributed by atoms with Crippen LogP contribution in [0.15, 0.2) is 60.7 Å². The largest absolute Gasteiger partial charge is 0.497 e. The summed E-state index contributed by atoms with van der Waals surface area (Å²) in [6.07, 6.45) is 11.9. The van der Waals surface area contributed by atoms with Crippen LogP contribution in [0, 0.1) is 0 Å². The Balaban J connectivity index is 0.000000446. The zero-order valence-electron chi connectivity index (χ0n) is 15.9. The highest BCUT2D eigenvalue weighted by molar-refractivity contribution is 5.24. The van der Waals surface area contributed by atoms with Gasteiger partial charge in [-0.1, -0.05) is 31.7 Å². The fourth-order valence-corrected chi connectivity index (χ4v) is 1.83. The van der Waals surface area contributed by atoms with Gasteiger partial charge in [-0.2, -0.15) is 0 Å². The lowest BCUT2D eigenvalue weighted by molar-refractivity contribution is 0.309. The highest BCUT2D eigenvalue weighted by Crippen LogP contribution is 2.01. The zero-order valence-corrected chi connectivity index (χ0v) is 15.9. The minimum absolute atomic E-state index is 0.679. The fourth-order valence-electron chi connectivity index (χ4n) is 1.83. The molecule has 0 aliphatic heterocycles. The molecule has 0 aliphatic rings. The van der Waals surface area contributed by atoms with E-state index in [1.165, 1.54) is 11.1 Å². The van der Waals surface area contributed by atoms with Gasteiger partial charge in [0.15, 0.2) is 0 Å². The molecule has 134 valence electrons. The molecule has 1 heterocycles. The number of pyridine rings is 1. The lowest BCUT2D eigenvalue weighted by atomic mass is 10.2. The smallest absolute Gasteiger partial charge is 0.111 e. The van der Waals surface area contributed by atoms with Crippen molar-refractivity contribution in [2.24, 2.45) is 0 Å². The molecule has 0 saturated heterocycles. The molecule has 1 rings (SSSR count). The second-order valence-corrected chi connectivity index (χ2v) is 5.64. The van der Waals surface area contributed by atoms with Crippen LogP contribution in [0.2, 0.25) is 0 Å². The van der Waals surface area contributed by atoms with Crippen molar-refractivity contribution in [3.63, 3.8) is 0 Å². The molecule has 0 saturated carbocycles. The summed E-state index contributed by atoms with van der Waals surface area (Å²) in [6, 6.07) is 4.08. The Hall–Kier alpha value is -1.91. The number of likely N-dealkylation sites (N-methyl/N-ethyl adjacent to an activating group) is 2. The van der Waals surface area contributed by atoms with Crippen molar-refractivity contribution in [2.75, 3.05) is 41.3 Å². The van der Waals surface area contributed by atoms with Gasteiger partial charge in [0.2, 0.25) is 0 Å². The number of methoxy groups -OCH3 is 1. The van der Waals surface area contributed by atoms with Gasteiger partial charge in [-0.15, -0.1) is 0 Å². The van der Waals surface area contributed by atoms with Crippen molar-refractivity contribution in [1.29, 1.82) is 0 Å². The second kappa shape index (κ2) is 14.7. The third-order valence-electron chi connectivity index (χ3n) is 3.16. The molecule has 0 aromatic carbocycles. The SMILES string of the molecule is C=C(/C=C\C(=C/CC)CNC)OC.CN(C)CCc1cccnc1. The van der Waals surface area contributed by atoms with E-state index >= 15 is 0 Å². The number of rotatable bonds is 9. The number of nitrogens with zero attached hydrogens (tertiary/aromatic N) is 2. The quantitative estimate of drug-likeness (QED) is 0.555. The molecule has 0 aliphatic carbocycles. The van der Waals surface area contributed by atoms with Gasteiger partial charge in [0.1, 0.15) is 5.76 Å². The van der Waals surface area contributed by atoms with Crippen molar-refractivity contribution in [2.45, 2.75) is 19.8 Å². The van der Waals surface area contributed by atoms with Gasteiger partial charge in [0.05, 0.1) is 7.11 Å². The molecule has 0 fully saturated rings. The molecule has 1 aromatic heterocycles. The number of nitrogens with one attached hydrogen (secondary N) is 1. The lowest BCUT2D eigenvalue weighted by Gasteiger charge is -2.07. The van der Waals surface area contributed by atoms with Gasteiger partial charge in [0.25, 0.3) is 0 Å². The first kappa shape index (κ1) is 22.1. The van der Waals surface area contributed by atoms with E-state index in [1.807, 2.05) is 31.5 Å². The van der Waals surface area contributed by atoms with Crippen LogP contribution in [0.25, 0.3) is 0 Å².